The summed E-state index contributed by atoms with van der Waals surface area (Å²) in [7, 11) is 1.61. The van der Waals surface area contributed by atoms with Crippen LogP contribution in [0, 0.1) is 0 Å². The molecule has 1 aliphatic heterocycles. The zero-order valence-electron chi connectivity index (χ0n) is 9.68. The molecule has 2 rings (SSSR count). The van der Waals surface area contributed by atoms with Gasteiger partial charge < -0.3 is 14.6 Å². The SMILES string of the molecule is COc1ccc2c(c1)OCCN(CC(=O)O)C2. The Balaban J connectivity index is 2.17. The van der Waals surface area contributed by atoms with Crippen molar-refractivity contribution in [1.82, 2.24) is 4.90 Å². The number of fused-ring (bicyclic) bond motifs is 1. The number of methoxy groups -OCH3 is 1. The lowest BCUT2D eigenvalue weighted by Gasteiger charge is -2.16. The molecule has 5 nitrogen and oxygen atoms in total. The number of aliphatic carboxylic acids is 1. The lowest BCUT2D eigenvalue weighted by molar-refractivity contribution is -0.138. The van der Waals surface area contributed by atoms with Crippen molar-refractivity contribution in [3.63, 3.8) is 0 Å². The van der Waals surface area contributed by atoms with E-state index in [2.05, 4.69) is 0 Å². The molecule has 92 valence electrons. The highest BCUT2D eigenvalue weighted by Gasteiger charge is 2.17. The second kappa shape index (κ2) is 5.05. The molecule has 0 fully saturated rings. The van der Waals surface area contributed by atoms with Crippen molar-refractivity contribution in [2.45, 2.75) is 6.54 Å². The predicted octanol–water partition coefficient (Wildman–Crippen LogP) is 0.974. The van der Waals surface area contributed by atoms with Crippen LogP contribution in [0.5, 0.6) is 11.5 Å². The molecule has 5 heteroatoms. The summed E-state index contributed by atoms with van der Waals surface area (Å²) < 4.78 is 10.7. The second-order valence-electron chi connectivity index (χ2n) is 3.93. The minimum absolute atomic E-state index is 0.0365. The van der Waals surface area contributed by atoms with Crippen LogP contribution in [0.1, 0.15) is 5.56 Å². The topological polar surface area (TPSA) is 59.0 Å². The number of ether oxygens (including phenoxy) is 2. The second-order valence-corrected chi connectivity index (χ2v) is 3.93. The van der Waals surface area contributed by atoms with Crippen LogP contribution < -0.4 is 9.47 Å². The molecule has 0 bridgehead atoms. The summed E-state index contributed by atoms with van der Waals surface area (Å²) in [5, 5.41) is 8.79. The fourth-order valence-corrected chi connectivity index (χ4v) is 1.86. The molecular weight excluding hydrogens is 222 g/mol. The van der Waals surface area contributed by atoms with Gasteiger partial charge in [0, 0.05) is 24.7 Å². The van der Waals surface area contributed by atoms with Crippen LogP contribution in [-0.4, -0.2) is 42.8 Å². The van der Waals surface area contributed by atoms with Gasteiger partial charge in [0.1, 0.15) is 18.1 Å². The molecule has 0 unspecified atom stereocenters. The summed E-state index contributed by atoms with van der Waals surface area (Å²) in [4.78, 5) is 12.5. The first-order chi connectivity index (χ1) is 8.19. The Morgan fingerprint density at radius 1 is 1.59 bits per heavy atom. The van der Waals surface area contributed by atoms with Gasteiger partial charge in [-0.15, -0.1) is 0 Å². The van der Waals surface area contributed by atoms with Gasteiger partial charge in [0.25, 0.3) is 0 Å². The van der Waals surface area contributed by atoms with Gasteiger partial charge in [0.05, 0.1) is 13.7 Å². The summed E-state index contributed by atoms with van der Waals surface area (Å²) in [5.41, 5.74) is 0.990. The van der Waals surface area contributed by atoms with Crippen molar-refractivity contribution >= 4 is 5.97 Å². The van der Waals surface area contributed by atoms with Crippen LogP contribution in [-0.2, 0) is 11.3 Å². The third kappa shape index (κ3) is 2.88. The lowest BCUT2D eigenvalue weighted by Crippen LogP contribution is -2.31. The Labute approximate surface area is 99.6 Å². The third-order valence-electron chi connectivity index (χ3n) is 2.69. The van der Waals surface area contributed by atoms with E-state index >= 15 is 0 Å². The van der Waals surface area contributed by atoms with Crippen molar-refractivity contribution in [2.75, 3.05) is 26.8 Å². The van der Waals surface area contributed by atoms with Crippen LogP contribution in [0.3, 0.4) is 0 Å². The van der Waals surface area contributed by atoms with E-state index in [1.165, 1.54) is 0 Å². The molecule has 0 spiro atoms. The molecule has 1 aromatic rings. The largest absolute Gasteiger partial charge is 0.497 e. The summed E-state index contributed by atoms with van der Waals surface area (Å²) in [6, 6.07) is 5.60. The molecule has 0 radical (unpaired) electrons. The van der Waals surface area contributed by atoms with E-state index in [9.17, 15) is 4.79 Å². The lowest BCUT2D eigenvalue weighted by atomic mass is 10.2. The van der Waals surface area contributed by atoms with E-state index in [0.717, 1.165) is 17.1 Å². The van der Waals surface area contributed by atoms with Gasteiger partial charge in [-0.2, -0.15) is 0 Å². The standard InChI is InChI=1S/C12H15NO4/c1-16-10-3-2-9-7-13(8-12(14)15)4-5-17-11(9)6-10/h2-3,6H,4-5,7-8H2,1H3,(H,14,15). The van der Waals surface area contributed by atoms with Gasteiger partial charge in [-0.05, 0) is 6.07 Å². The van der Waals surface area contributed by atoms with Crippen molar-refractivity contribution < 1.29 is 19.4 Å². The van der Waals surface area contributed by atoms with Crippen LogP contribution in [0.25, 0.3) is 0 Å². The minimum atomic E-state index is -0.818. The molecule has 17 heavy (non-hydrogen) atoms. The van der Waals surface area contributed by atoms with E-state index < -0.39 is 5.97 Å². The summed E-state index contributed by atoms with van der Waals surface area (Å²) >= 11 is 0. The number of nitrogens with zero attached hydrogens (tertiary/aromatic N) is 1. The Hall–Kier alpha value is -1.75. The maximum Gasteiger partial charge on any atom is 0.317 e. The van der Waals surface area contributed by atoms with E-state index in [4.69, 9.17) is 14.6 Å². The first-order valence-corrected chi connectivity index (χ1v) is 5.43. The summed E-state index contributed by atoms with van der Waals surface area (Å²) in [6.45, 7) is 1.73. The van der Waals surface area contributed by atoms with Gasteiger partial charge >= 0.3 is 5.97 Å². The third-order valence-corrected chi connectivity index (χ3v) is 2.69. The van der Waals surface area contributed by atoms with Crippen LogP contribution in [0.4, 0.5) is 0 Å². The van der Waals surface area contributed by atoms with E-state index in [-0.39, 0.29) is 6.54 Å². The van der Waals surface area contributed by atoms with Gasteiger partial charge in [-0.3, -0.25) is 9.69 Å². The van der Waals surface area contributed by atoms with Gasteiger partial charge in [-0.25, -0.2) is 0 Å². The molecule has 0 amide bonds. The Morgan fingerprint density at radius 2 is 2.41 bits per heavy atom. The maximum atomic E-state index is 10.7. The van der Waals surface area contributed by atoms with Gasteiger partial charge in [0.15, 0.2) is 0 Å². The fourth-order valence-electron chi connectivity index (χ4n) is 1.86. The average Bonchev–Trinajstić information content (AvgIpc) is 2.48. The first kappa shape index (κ1) is 11.7. The molecule has 1 N–H and O–H groups in total. The monoisotopic (exact) mass is 237 g/mol. The number of hydrogen-bond donors (Lipinski definition) is 1. The zero-order chi connectivity index (χ0) is 12.3. The van der Waals surface area contributed by atoms with E-state index in [0.29, 0.717) is 19.7 Å². The fraction of sp³-hybridized carbons (Fsp3) is 0.417. The number of hydrogen-bond acceptors (Lipinski definition) is 4. The van der Waals surface area contributed by atoms with E-state index in [1.54, 1.807) is 7.11 Å². The molecule has 0 saturated heterocycles. The summed E-state index contributed by atoms with van der Waals surface area (Å²) in [5.74, 6) is 0.703. The quantitative estimate of drug-likeness (QED) is 0.849. The molecule has 1 aliphatic rings. The molecule has 0 saturated carbocycles. The minimum Gasteiger partial charge on any atom is -0.497 e. The number of carbonyl (C=O) groups is 1. The number of carboxylic acids is 1. The van der Waals surface area contributed by atoms with Gasteiger partial charge in [0.2, 0.25) is 0 Å². The predicted molar refractivity (Wildman–Crippen MR) is 61.4 cm³/mol. The van der Waals surface area contributed by atoms with E-state index in [1.807, 2.05) is 23.1 Å². The maximum absolute atomic E-state index is 10.7. The van der Waals surface area contributed by atoms with Crippen LogP contribution >= 0.6 is 0 Å². The molecule has 0 aliphatic carbocycles. The van der Waals surface area contributed by atoms with Crippen molar-refractivity contribution in [1.29, 1.82) is 0 Å². The Bertz CT molecular complexity index is 419. The summed E-state index contributed by atoms with van der Waals surface area (Å²) in [6.07, 6.45) is 0. The molecule has 0 atom stereocenters. The molecular formula is C12H15NO4. The molecule has 0 aromatic heterocycles. The van der Waals surface area contributed by atoms with Crippen molar-refractivity contribution in [2.24, 2.45) is 0 Å². The van der Waals surface area contributed by atoms with Crippen LogP contribution in [0.15, 0.2) is 18.2 Å². The Kier molecular flexibility index (Phi) is 3.49. The normalized spacial score (nSPS) is 15.6. The molecule has 1 heterocycles. The van der Waals surface area contributed by atoms with Crippen LogP contribution in [0.2, 0.25) is 0 Å². The van der Waals surface area contributed by atoms with Crippen molar-refractivity contribution in [3.05, 3.63) is 23.8 Å². The number of carboxylic acid groups (broad SMARTS) is 1. The highest BCUT2D eigenvalue weighted by atomic mass is 16.5. The smallest absolute Gasteiger partial charge is 0.317 e. The number of rotatable bonds is 3. The zero-order valence-corrected chi connectivity index (χ0v) is 9.68. The average molecular weight is 237 g/mol. The van der Waals surface area contributed by atoms with Gasteiger partial charge in [-0.1, -0.05) is 6.07 Å². The number of benzene rings is 1. The van der Waals surface area contributed by atoms with Crippen molar-refractivity contribution in [3.8, 4) is 11.5 Å². The first-order valence-electron chi connectivity index (χ1n) is 5.43. The highest BCUT2D eigenvalue weighted by Crippen LogP contribution is 2.27. The molecule has 1 aromatic carbocycles. The Morgan fingerprint density at radius 3 is 3.12 bits per heavy atom. The highest BCUT2D eigenvalue weighted by molar-refractivity contribution is 5.69.